The van der Waals surface area contributed by atoms with E-state index in [0.29, 0.717) is 17.1 Å². The maximum absolute atomic E-state index is 13.7. The molecular weight excluding hydrogens is 405 g/mol. The summed E-state index contributed by atoms with van der Waals surface area (Å²) in [5.41, 5.74) is 2.86. The third-order valence-corrected chi connectivity index (χ3v) is 4.65. The fourth-order valence-electron chi connectivity index (χ4n) is 2.97. The van der Waals surface area contributed by atoms with Crippen molar-refractivity contribution < 1.29 is 18.6 Å². The predicted octanol–water partition coefficient (Wildman–Crippen LogP) is 5.18. The van der Waals surface area contributed by atoms with E-state index in [2.05, 4.69) is 17.4 Å². The third kappa shape index (κ3) is 6.65. The summed E-state index contributed by atoms with van der Waals surface area (Å²) in [6, 6.07) is 20.5. The monoisotopic (exact) mass is 431 g/mol. The molecule has 0 aliphatic rings. The minimum atomic E-state index is -0.274. The van der Waals surface area contributed by atoms with Crippen LogP contribution in [-0.2, 0) is 19.6 Å². The number of rotatable bonds is 10. The molecule has 3 aromatic carbocycles. The van der Waals surface area contributed by atoms with Gasteiger partial charge in [-0.3, -0.25) is 0 Å². The Labute approximate surface area is 183 Å². The van der Waals surface area contributed by atoms with Gasteiger partial charge in [-0.15, -0.1) is 12.4 Å². The average molecular weight is 432 g/mol. The molecule has 0 aliphatic carbocycles. The second kappa shape index (κ2) is 12.1. The zero-order valence-corrected chi connectivity index (χ0v) is 18.0. The lowest BCUT2D eigenvalue weighted by Gasteiger charge is -2.13. The summed E-state index contributed by atoms with van der Waals surface area (Å²) < 4.78 is 30.1. The fraction of sp³-hybridized carbons (Fsp3) is 0.250. The molecule has 4 nitrogen and oxygen atoms in total. The molecule has 0 heterocycles. The van der Waals surface area contributed by atoms with Gasteiger partial charge in [-0.25, -0.2) is 4.39 Å². The van der Waals surface area contributed by atoms with Crippen LogP contribution in [0.25, 0.3) is 0 Å². The highest BCUT2D eigenvalue weighted by atomic mass is 35.5. The van der Waals surface area contributed by atoms with Crippen LogP contribution in [0.4, 0.5) is 4.39 Å². The first kappa shape index (κ1) is 23.5. The molecule has 6 heteroatoms. The van der Waals surface area contributed by atoms with Crippen molar-refractivity contribution in [3.05, 3.63) is 89.2 Å². The number of methoxy groups -OCH3 is 2. The van der Waals surface area contributed by atoms with Crippen LogP contribution >= 0.6 is 12.4 Å². The van der Waals surface area contributed by atoms with Crippen molar-refractivity contribution in [3.8, 4) is 17.2 Å². The van der Waals surface area contributed by atoms with Crippen molar-refractivity contribution in [2.45, 2.75) is 19.6 Å². The molecule has 0 atom stereocenters. The van der Waals surface area contributed by atoms with Gasteiger partial charge in [0.05, 0.1) is 14.2 Å². The molecule has 30 heavy (non-hydrogen) atoms. The van der Waals surface area contributed by atoms with Gasteiger partial charge < -0.3 is 19.5 Å². The minimum Gasteiger partial charge on any atom is -0.497 e. The summed E-state index contributed by atoms with van der Waals surface area (Å²) in [6.07, 6.45) is 0.935. The Morgan fingerprint density at radius 1 is 0.833 bits per heavy atom. The number of hydrogen-bond donors (Lipinski definition) is 1. The van der Waals surface area contributed by atoms with Crippen LogP contribution < -0.4 is 19.5 Å². The Balaban J connectivity index is 0.00000320. The molecular formula is C24H27ClFNO3. The largest absolute Gasteiger partial charge is 0.497 e. The van der Waals surface area contributed by atoms with E-state index in [1.54, 1.807) is 32.4 Å². The minimum absolute atomic E-state index is 0. The van der Waals surface area contributed by atoms with E-state index < -0.39 is 0 Å². The van der Waals surface area contributed by atoms with Crippen molar-refractivity contribution in [1.29, 1.82) is 0 Å². The van der Waals surface area contributed by atoms with E-state index in [1.165, 1.54) is 11.6 Å². The van der Waals surface area contributed by atoms with Gasteiger partial charge in [0.1, 0.15) is 18.2 Å². The topological polar surface area (TPSA) is 39.7 Å². The molecule has 0 amide bonds. The normalized spacial score (nSPS) is 10.2. The molecule has 0 aromatic heterocycles. The van der Waals surface area contributed by atoms with Crippen molar-refractivity contribution >= 4 is 12.4 Å². The first-order valence-corrected chi connectivity index (χ1v) is 9.56. The summed E-state index contributed by atoms with van der Waals surface area (Å²) in [5.74, 6) is 1.82. The van der Waals surface area contributed by atoms with Crippen LogP contribution in [-0.4, -0.2) is 20.8 Å². The van der Waals surface area contributed by atoms with Crippen molar-refractivity contribution in [2.24, 2.45) is 0 Å². The molecule has 0 saturated carbocycles. The van der Waals surface area contributed by atoms with Gasteiger partial charge in [0, 0.05) is 12.1 Å². The predicted molar refractivity (Wildman–Crippen MR) is 119 cm³/mol. The lowest BCUT2D eigenvalue weighted by Crippen LogP contribution is -2.16. The zero-order chi connectivity index (χ0) is 20.5. The molecule has 0 spiro atoms. The van der Waals surface area contributed by atoms with E-state index in [4.69, 9.17) is 14.2 Å². The molecule has 0 aliphatic heterocycles. The number of hydrogen-bond acceptors (Lipinski definition) is 4. The molecule has 1 N–H and O–H groups in total. The van der Waals surface area contributed by atoms with Gasteiger partial charge in [0.25, 0.3) is 0 Å². The van der Waals surface area contributed by atoms with E-state index in [0.717, 1.165) is 30.8 Å². The highest BCUT2D eigenvalue weighted by Crippen LogP contribution is 2.29. The van der Waals surface area contributed by atoms with Crippen LogP contribution in [0.15, 0.2) is 66.7 Å². The van der Waals surface area contributed by atoms with E-state index in [1.807, 2.05) is 30.3 Å². The molecule has 0 fully saturated rings. The lowest BCUT2D eigenvalue weighted by atomic mass is 10.1. The smallest absolute Gasteiger partial charge is 0.161 e. The quantitative estimate of drug-likeness (QED) is 0.449. The number of benzene rings is 3. The Morgan fingerprint density at radius 3 is 2.27 bits per heavy atom. The first-order valence-electron chi connectivity index (χ1n) is 9.56. The fourth-order valence-corrected chi connectivity index (χ4v) is 2.97. The van der Waals surface area contributed by atoms with Crippen LogP contribution in [0.5, 0.6) is 17.2 Å². The van der Waals surface area contributed by atoms with Crippen molar-refractivity contribution in [1.82, 2.24) is 5.32 Å². The highest BCUT2D eigenvalue weighted by molar-refractivity contribution is 5.85. The molecule has 3 rings (SSSR count). The second-order valence-electron chi connectivity index (χ2n) is 6.64. The van der Waals surface area contributed by atoms with Gasteiger partial charge in [-0.1, -0.05) is 36.4 Å². The van der Waals surface area contributed by atoms with Gasteiger partial charge in [-0.05, 0) is 54.4 Å². The summed E-state index contributed by atoms with van der Waals surface area (Å²) in [7, 11) is 3.27. The van der Waals surface area contributed by atoms with Crippen LogP contribution in [0.3, 0.4) is 0 Å². The van der Waals surface area contributed by atoms with Crippen LogP contribution in [0.2, 0.25) is 0 Å². The Hall–Kier alpha value is -2.76. The number of nitrogens with one attached hydrogen (secondary N) is 1. The summed E-state index contributed by atoms with van der Waals surface area (Å²) in [6.45, 7) is 1.74. The summed E-state index contributed by atoms with van der Waals surface area (Å²) >= 11 is 0. The molecule has 3 aromatic rings. The van der Waals surface area contributed by atoms with E-state index in [-0.39, 0.29) is 24.8 Å². The van der Waals surface area contributed by atoms with E-state index in [9.17, 15) is 4.39 Å². The standard InChI is InChI=1S/C24H26FNO3.ClH/c1-27-21-10-7-18(8-11-21)13-14-26-16-19-9-12-23(24(15-19)28-2)29-17-20-5-3-4-6-22(20)25;/h3-12,15,26H,13-14,16-17H2,1-2H3;1H. The summed E-state index contributed by atoms with van der Waals surface area (Å²) in [5, 5.41) is 3.44. The van der Waals surface area contributed by atoms with Crippen molar-refractivity contribution in [2.75, 3.05) is 20.8 Å². The second-order valence-corrected chi connectivity index (χ2v) is 6.64. The van der Waals surface area contributed by atoms with Crippen LogP contribution in [0, 0.1) is 5.82 Å². The average Bonchev–Trinajstić information content (AvgIpc) is 2.77. The first-order chi connectivity index (χ1) is 14.2. The molecule has 0 radical (unpaired) electrons. The Kier molecular flexibility index (Phi) is 9.45. The molecule has 0 saturated heterocycles. The number of halogens is 2. The Morgan fingerprint density at radius 2 is 1.57 bits per heavy atom. The molecule has 0 unspecified atom stereocenters. The lowest BCUT2D eigenvalue weighted by molar-refractivity contribution is 0.279. The summed E-state index contributed by atoms with van der Waals surface area (Å²) in [4.78, 5) is 0. The maximum Gasteiger partial charge on any atom is 0.161 e. The molecule has 0 bridgehead atoms. The van der Waals surface area contributed by atoms with Gasteiger partial charge in [0.2, 0.25) is 0 Å². The maximum atomic E-state index is 13.7. The van der Waals surface area contributed by atoms with Gasteiger partial charge in [-0.2, -0.15) is 0 Å². The van der Waals surface area contributed by atoms with E-state index >= 15 is 0 Å². The Bertz CT molecular complexity index is 919. The van der Waals surface area contributed by atoms with Crippen LogP contribution in [0.1, 0.15) is 16.7 Å². The highest BCUT2D eigenvalue weighted by Gasteiger charge is 2.08. The molecule has 160 valence electrons. The third-order valence-electron chi connectivity index (χ3n) is 4.65. The number of ether oxygens (including phenoxy) is 3. The van der Waals surface area contributed by atoms with Crippen molar-refractivity contribution in [3.63, 3.8) is 0 Å². The SMILES string of the molecule is COc1ccc(CCNCc2ccc(OCc3ccccc3F)c(OC)c2)cc1.Cl. The zero-order valence-electron chi connectivity index (χ0n) is 17.2. The van der Waals surface area contributed by atoms with Gasteiger partial charge >= 0.3 is 0 Å². The van der Waals surface area contributed by atoms with Gasteiger partial charge in [0.15, 0.2) is 11.5 Å².